The highest BCUT2D eigenvalue weighted by molar-refractivity contribution is 5.98. The van der Waals surface area contributed by atoms with E-state index >= 15 is 0 Å². The normalized spacial score (nSPS) is 16.1. The topological polar surface area (TPSA) is 70.8 Å². The Labute approximate surface area is 112 Å². The van der Waals surface area contributed by atoms with E-state index in [1.54, 1.807) is 18.2 Å². The molecular weight excluding hydrogens is 246 g/mol. The Hall–Kier alpha value is -1.75. The Kier molecular flexibility index (Phi) is 4.63. The summed E-state index contributed by atoms with van der Waals surface area (Å²) in [5.74, 6) is 0.382. The Bertz CT molecular complexity index is 441. The molecule has 0 unspecified atom stereocenters. The van der Waals surface area contributed by atoms with Crippen molar-refractivity contribution in [2.75, 3.05) is 32.7 Å². The second-order valence-electron chi connectivity index (χ2n) is 4.58. The third-order valence-electron chi connectivity index (χ3n) is 3.27. The summed E-state index contributed by atoms with van der Waals surface area (Å²) in [5, 5.41) is 0. The highest BCUT2D eigenvalue weighted by Gasteiger charge is 2.20. The quantitative estimate of drug-likeness (QED) is 0.664. The van der Waals surface area contributed by atoms with Gasteiger partial charge >= 0.3 is 5.97 Å². The van der Waals surface area contributed by atoms with E-state index in [9.17, 15) is 4.79 Å². The number of nitrogens with two attached hydrogens (primary N) is 1. The molecule has 0 radical (unpaired) electrons. The van der Waals surface area contributed by atoms with Crippen molar-refractivity contribution in [2.45, 2.75) is 12.8 Å². The zero-order valence-corrected chi connectivity index (χ0v) is 11.1. The van der Waals surface area contributed by atoms with Gasteiger partial charge in [0.05, 0.1) is 13.7 Å². The lowest BCUT2D eigenvalue weighted by atomic mass is 10.0. The average molecular weight is 265 g/mol. The number of hydrogen-bond donors (Lipinski definition) is 1. The summed E-state index contributed by atoms with van der Waals surface area (Å²) in [4.78, 5) is 12.1. The van der Waals surface area contributed by atoms with E-state index in [0.29, 0.717) is 29.5 Å². The van der Waals surface area contributed by atoms with Crippen LogP contribution in [0.5, 0.6) is 5.75 Å². The molecule has 5 heteroatoms. The van der Waals surface area contributed by atoms with Crippen molar-refractivity contribution in [3.8, 4) is 5.75 Å². The molecule has 0 spiro atoms. The van der Waals surface area contributed by atoms with Gasteiger partial charge in [-0.2, -0.15) is 0 Å². The highest BCUT2D eigenvalue weighted by atomic mass is 16.5. The summed E-state index contributed by atoms with van der Waals surface area (Å²) in [5.41, 5.74) is 6.48. The molecule has 0 bridgehead atoms. The molecule has 2 rings (SSSR count). The SMILES string of the molecule is COc1cccc(N)c1C(=O)OCC1CCOCC1. The van der Waals surface area contributed by atoms with Crippen molar-refractivity contribution in [2.24, 2.45) is 5.92 Å². The Morgan fingerprint density at radius 1 is 1.42 bits per heavy atom. The van der Waals surface area contributed by atoms with Crippen molar-refractivity contribution in [1.82, 2.24) is 0 Å². The van der Waals surface area contributed by atoms with E-state index in [0.717, 1.165) is 26.1 Å². The minimum atomic E-state index is -0.429. The van der Waals surface area contributed by atoms with E-state index in [4.69, 9.17) is 19.9 Å². The first-order valence-corrected chi connectivity index (χ1v) is 6.39. The molecule has 0 saturated carbocycles. The molecule has 104 valence electrons. The molecule has 1 aliphatic heterocycles. The molecule has 1 aliphatic rings. The van der Waals surface area contributed by atoms with Crippen LogP contribution in [0.2, 0.25) is 0 Å². The number of hydrogen-bond acceptors (Lipinski definition) is 5. The van der Waals surface area contributed by atoms with Crippen molar-refractivity contribution in [1.29, 1.82) is 0 Å². The maximum Gasteiger partial charge on any atom is 0.344 e. The molecule has 19 heavy (non-hydrogen) atoms. The standard InChI is InChI=1S/C14H19NO4/c1-17-12-4-2-3-11(15)13(12)14(16)19-9-10-5-7-18-8-6-10/h2-4,10H,5-9,15H2,1H3. The second kappa shape index (κ2) is 6.43. The second-order valence-corrected chi connectivity index (χ2v) is 4.58. The van der Waals surface area contributed by atoms with E-state index in [1.165, 1.54) is 7.11 Å². The van der Waals surface area contributed by atoms with Crippen molar-refractivity contribution in [3.05, 3.63) is 23.8 Å². The number of rotatable bonds is 4. The minimum absolute atomic E-state index is 0.303. The molecule has 2 N–H and O–H groups in total. The molecule has 0 amide bonds. The number of ether oxygens (including phenoxy) is 3. The van der Waals surface area contributed by atoms with Crippen LogP contribution < -0.4 is 10.5 Å². The number of carbonyl (C=O) groups excluding carboxylic acids is 1. The van der Waals surface area contributed by atoms with Crippen molar-refractivity contribution < 1.29 is 19.0 Å². The van der Waals surface area contributed by atoms with Gasteiger partial charge in [-0.1, -0.05) is 6.07 Å². The first kappa shape index (κ1) is 13.7. The van der Waals surface area contributed by atoms with E-state index in [-0.39, 0.29) is 0 Å². The first-order valence-electron chi connectivity index (χ1n) is 6.39. The highest BCUT2D eigenvalue weighted by Crippen LogP contribution is 2.25. The van der Waals surface area contributed by atoms with Crippen LogP contribution in [-0.4, -0.2) is 32.9 Å². The summed E-state index contributed by atoms with van der Waals surface area (Å²) in [6.07, 6.45) is 1.85. The predicted octanol–water partition coefficient (Wildman–Crippen LogP) is 1.86. The largest absolute Gasteiger partial charge is 0.496 e. The molecule has 1 aromatic rings. The Morgan fingerprint density at radius 2 is 2.16 bits per heavy atom. The molecule has 1 saturated heterocycles. The average Bonchev–Trinajstić information content (AvgIpc) is 2.45. The van der Waals surface area contributed by atoms with Gasteiger partial charge in [0.25, 0.3) is 0 Å². The number of benzene rings is 1. The molecule has 1 fully saturated rings. The molecular formula is C14H19NO4. The third-order valence-corrected chi connectivity index (χ3v) is 3.27. The number of carbonyl (C=O) groups is 1. The predicted molar refractivity (Wildman–Crippen MR) is 71.2 cm³/mol. The van der Waals surface area contributed by atoms with Gasteiger partial charge in [-0.15, -0.1) is 0 Å². The van der Waals surface area contributed by atoms with Crippen molar-refractivity contribution in [3.63, 3.8) is 0 Å². The van der Waals surface area contributed by atoms with Gasteiger partial charge in [0, 0.05) is 18.9 Å². The van der Waals surface area contributed by atoms with Gasteiger partial charge in [-0.25, -0.2) is 4.79 Å². The lowest BCUT2D eigenvalue weighted by Crippen LogP contribution is -2.22. The maximum absolute atomic E-state index is 12.1. The first-order chi connectivity index (χ1) is 9.22. The fraction of sp³-hybridized carbons (Fsp3) is 0.500. The van der Waals surface area contributed by atoms with Crippen molar-refractivity contribution >= 4 is 11.7 Å². The molecule has 1 heterocycles. The van der Waals surface area contributed by atoms with Crippen LogP contribution in [0.3, 0.4) is 0 Å². The summed E-state index contributed by atoms with van der Waals surface area (Å²) < 4.78 is 15.7. The zero-order chi connectivity index (χ0) is 13.7. The van der Waals surface area contributed by atoms with Gasteiger partial charge in [-0.05, 0) is 30.9 Å². The van der Waals surface area contributed by atoms with Crippen LogP contribution in [0.15, 0.2) is 18.2 Å². The fourth-order valence-corrected chi connectivity index (χ4v) is 2.12. The number of anilines is 1. The van der Waals surface area contributed by atoms with E-state index in [2.05, 4.69) is 0 Å². The summed E-state index contributed by atoms with van der Waals surface area (Å²) >= 11 is 0. The van der Waals surface area contributed by atoms with E-state index < -0.39 is 5.97 Å². The van der Waals surface area contributed by atoms with Crippen LogP contribution in [0.25, 0.3) is 0 Å². The Morgan fingerprint density at radius 3 is 2.84 bits per heavy atom. The monoisotopic (exact) mass is 265 g/mol. The lowest BCUT2D eigenvalue weighted by Gasteiger charge is -2.21. The fourth-order valence-electron chi connectivity index (χ4n) is 2.12. The summed E-state index contributed by atoms with van der Waals surface area (Å²) in [6, 6.07) is 5.10. The van der Waals surface area contributed by atoms with Crippen LogP contribution in [-0.2, 0) is 9.47 Å². The van der Waals surface area contributed by atoms with Gasteiger partial charge in [0.15, 0.2) is 0 Å². The number of nitrogen functional groups attached to an aromatic ring is 1. The number of methoxy groups -OCH3 is 1. The van der Waals surface area contributed by atoms with Gasteiger partial charge < -0.3 is 19.9 Å². The molecule has 5 nitrogen and oxygen atoms in total. The van der Waals surface area contributed by atoms with E-state index in [1.807, 2.05) is 0 Å². The van der Waals surface area contributed by atoms with Crippen LogP contribution in [0, 0.1) is 5.92 Å². The maximum atomic E-state index is 12.1. The van der Waals surface area contributed by atoms with Gasteiger partial charge in [0.1, 0.15) is 11.3 Å². The smallest absolute Gasteiger partial charge is 0.344 e. The molecule has 0 aromatic heterocycles. The van der Waals surface area contributed by atoms with Crippen LogP contribution in [0.1, 0.15) is 23.2 Å². The molecule has 0 atom stereocenters. The summed E-state index contributed by atoms with van der Waals surface area (Å²) in [6.45, 7) is 1.87. The number of esters is 1. The van der Waals surface area contributed by atoms with Gasteiger partial charge in [-0.3, -0.25) is 0 Å². The van der Waals surface area contributed by atoms with Gasteiger partial charge in [0.2, 0.25) is 0 Å². The van der Waals surface area contributed by atoms with Crippen LogP contribution >= 0.6 is 0 Å². The Balaban J connectivity index is 1.99. The summed E-state index contributed by atoms with van der Waals surface area (Å²) in [7, 11) is 1.50. The zero-order valence-electron chi connectivity index (χ0n) is 11.1. The third kappa shape index (κ3) is 3.38. The van der Waals surface area contributed by atoms with Crippen LogP contribution in [0.4, 0.5) is 5.69 Å². The molecule has 1 aromatic carbocycles. The minimum Gasteiger partial charge on any atom is -0.496 e. The molecule has 0 aliphatic carbocycles. The lowest BCUT2D eigenvalue weighted by molar-refractivity contribution is 0.0184.